The molecule has 1 aromatic carbocycles. The van der Waals surface area contributed by atoms with Crippen LogP contribution in [-0.2, 0) is 11.2 Å². The van der Waals surface area contributed by atoms with E-state index in [0.717, 1.165) is 23.0 Å². The fourth-order valence-corrected chi connectivity index (χ4v) is 3.76. The lowest BCUT2D eigenvalue weighted by molar-refractivity contribution is 0.186. The van der Waals surface area contributed by atoms with Gasteiger partial charge in [0.1, 0.15) is 23.3 Å². The van der Waals surface area contributed by atoms with Crippen LogP contribution < -0.4 is 0 Å². The fraction of sp³-hybridized carbons (Fsp3) is 0.100. The van der Waals surface area contributed by atoms with Gasteiger partial charge >= 0.3 is 4.71 Å². The quantitative estimate of drug-likeness (QED) is 0.497. The van der Waals surface area contributed by atoms with Crippen molar-refractivity contribution in [3.8, 4) is 5.69 Å². The van der Waals surface area contributed by atoms with Crippen molar-refractivity contribution in [2.75, 3.05) is 0 Å². The van der Waals surface area contributed by atoms with E-state index >= 15 is 0 Å². The second-order valence-electron chi connectivity index (χ2n) is 3.64. The fourth-order valence-electron chi connectivity index (χ4n) is 1.47. The van der Waals surface area contributed by atoms with Gasteiger partial charge in [0, 0.05) is 11.6 Å². The molecule has 3 nitrogen and oxygen atoms in total. The smallest absolute Gasteiger partial charge is 0.498 e. The number of alkyl halides is 3. The Labute approximate surface area is 143 Å². The van der Waals surface area contributed by atoms with E-state index in [0.29, 0.717) is 0 Å². The van der Waals surface area contributed by atoms with Crippen LogP contribution in [0.2, 0.25) is 10.0 Å². The van der Waals surface area contributed by atoms with Gasteiger partial charge in [0.05, 0.1) is 15.7 Å². The summed E-state index contributed by atoms with van der Waals surface area (Å²) in [6.45, 7) is 0. The maximum atomic E-state index is 13.1. The normalized spacial score (nSPS) is 13.5. The second kappa shape index (κ2) is 6.17. The molecule has 2 rings (SSSR count). The summed E-state index contributed by atoms with van der Waals surface area (Å²) < 4.78 is 47.6. The summed E-state index contributed by atoms with van der Waals surface area (Å²) >= 11 is 16.6. The van der Waals surface area contributed by atoms with E-state index in [1.807, 2.05) is 0 Å². The zero-order valence-corrected chi connectivity index (χ0v) is 14.3. The van der Waals surface area contributed by atoms with Crippen LogP contribution in [-0.4, -0.2) is 18.8 Å². The molecular weight excluding hydrogens is 439 g/mol. The highest BCUT2D eigenvalue weighted by Gasteiger charge is 2.46. The van der Waals surface area contributed by atoms with E-state index in [-0.39, 0.29) is 20.3 Å². The molecule has 11 heteroatoms. The molecule has 0 spiro atoms. The maximum Gasteiger partial charge on any atom is 0.498 e. The molecule has 0 aliphatic heterocycles. The lowest BCUT2D eigenvalue weighted by atomic mass is 10.3. The first-order valence-corrected chi connectivity index (χ1v) is 8.07. The highest BCUT2D eigenvalue weighted by atomic mass is 79.9. The van der Waals surface area contributed by atoms with E-state index in [4.69, 9.17) is 34.8 Å². The molecule has 114 valence electrons. The number of nitrogens with zero attached hydrogens (tertiary/aromatic N) is 2. The third-order valence-corrected chi connectivity index (χ3v) is 5.37. The number of hydrogen-bond donors (Lipinski definition) is 0. The summed E-state index contributed by atoms with van der Waals surface area (Å²) in [5, 5.41) is -0.646. The molecule has 0 saturated heterocycles. The summed E-state index contributed by atoms with van der Waals surface area (Å²) in [6.07, 6.45) is 1.06. The van der Waals surface area contributed by atoms with E-state index in [1.165, 1.54) is 0 Å². The zero-order valence-electron chi connectivity index (χ0n) is 9.59. The van der Waals surface area contributed by atoms with Crippen LogP contribution in [0.1, 0.15) is 0 Å². The molecule has 0 fully saturated rings. The van der Waals surface area contributed by atoms with Crippen molar-refractivity contribution in [3.63, 3.8) is 0 Å². The monoisotopic (exact) mass is 440 g/mol. The minimum Gasteiger partial charge on any atom is -0.604 e. The lowest BCUT2D eigenvalue weighted by Gasteiger charge is -2.13. The summed E-state index contributed by atoms with van der Waals surface area (Å²) in [7, 11) is 0. The van der Waals surface area contributed by atoms with Gasteiger partial charge in [0.15, 0.2) is 4.60 Å². The Hall–Kier alpha value is -0.120. The van der Waals surface area contributed by atoms with Crippen molar-refractivity contribution in [3.05, 3.63) is 38.9 Å². The van der Waals surface area contributed by atoms with Gasteiger partial charge in [-0.05, 0) is 28.1 Å². The zero-order chi connectivity index (χ0) is 15.9. The number of imidazole rings is 1. The second-order valence-corrected chi connectivity index (χ2v) is 7.34. The molecule has 21 heavy (non-hydrogen) atoms. The number of rotatable bonds is 3. The maximum absolute atomic E-state index is 13.1. The summed E-state index contributed by atoms with van der Waals surface area (Å²) in [5.41, 5.74) is 0.0975. The van der Waals surface area contributed by atoms with Crippen molar-refractivity contribution in [2.45, 2.75) is 9.74 Å². The molecule has 2 aromatic rings. The summed E-state index contributed by atoms with van der Waals surface area (Å²) in [5.74, 6) is -0.666. The first-order valence-electron chi connectivity index (χ1n) is 4.99. The van der Waals surface area contributed by atoms with Crippen LogP contribution in [0.3, 0.4) is 0 Å². The lowest BCUT2D eigenvalue weighted by Crippen LogP contribution is -2.22. The molecule has 0 aliphatic rings. The van der Waals surface area contributed by atoms with Gasteiger partial charge in [-0.25, -0.2) is 4.39 Å². The summed E-state index contributed by atoms with van der Waals surface area (Å²) in [4.78, 5) is 3.60. The van der Waals surface area contributed by atoms with Gasteiger partial charge in [0.25, 0.3) is 5.03 Å². The van der Waals surface area contributed by atoms with E-state index in [1.54, 1.807) is 0 Å². The highest BCUT2D eigenvalue weighted by Crippen LogP contribution is 2.38. The average Bonchev–Trinajstić information content (AvgIpc) is 2.68. The Balaban J connectivity index is 2.56. The molecule has 0 amide bonds. The minimum absolute atomic E-state index is 0.0759. The van der Waals surface area contributed by atoms with Gasteiger partial charge in [-0.1, -0.05) is 23.2 Å². The van der Waals surface area contributed by atoms with Crippen LogP contribution in [0.25, 0.3) is 5.69 Å². The van der Waals surface area contributed by atoms with E-state index < -0.39 is 26.7 Å². The van der Waals surface area contributed by atoms with Gasteiger partial charge < -0.3 is 4.55 Å². The molecular formula is C10H3BrCl3F3N2OS. The van der Waals surface area contributed by atoms with Crippen LogP contribution in [0.5, 0.6) is 0 Å². The molecule has 0 radical (unpaired) electrons. The number of halogens is 7. The van der Waals surface area contributed by atoms with Crippen LogP contribution in [0.4, 0.5) is 13.2 Å². The van der Waals surface area contributed by atoms with Gasteiger partial charge in [-0.3, -0.25) is 4.57 Å². The molecule has 0 aliphatic carbocycles. The van der Waals surface area contributed by atoms with Gasteiger partial charge in [-0.15, -0.1) is 8.78 Å². The van der Waals surface area contributed by atoms with Gasteiger partial charge in [-0.2, -0.15) is 4.98 Å². The van der Waals surface area contributed by atoms with E-state index in [9.17, 15) is 17.7 Å². The van der Waals surface area contributed by atoms with Gasteiger partial charge in [0.2, 0.25) is 0 Å². The van der Waals surface area contributed by atoms with Crippen molar-refractivity contribution >= 4 is 61.9 Å². The third-order valence-electron chi connectivity index (χ3n) is 2.29. The minimum atomic E-state index is -3.99. The molecule has 1 aromatic heterocycles. The number of aromatic nitrogens is 2. The molecule has 1 unspecified atom stereocenters. The Morgan fingerprint density at radius 2 is 1.81 bits per heavy atom. The average molecular weight is 442 g/mol. The van der Waals surface area contributed by atoms with Crippen molar-refractivity contribution in [2.24, 2.45) is 0 Å². The van der Waals surface area contributed by atoms with Crippen molar-refractivity contribution in [1.29, 1.82) is 0 Å². The number of benzene rings is 1. The summed E-state index contributed by atoms with van der Waals surface area (Å²) in [6, 6.07) is 1.98. The standard InChI is InChI=1S/C10H3BrCl3F3N2OS/c11-8-9(21(20)10(14,16)17)18-3-19(8)7-5(12)1-4(15)2-6(7)13/h1-3H. The molecule has 0 N–H and O–H groups in total. The third kappa shape index (κ3) is 3.46. The topological polar surface area (TPSA) is 40.9 Å². The predicted octanol–water partition coefficient (Wildman–Crippen LogP) is 4.98. The van der Waals surface area contributed by atoms with Crippen LogP contribution in [0.15, 0.2) is 28.1 Å². The van der Waals surface area contributed by atoms with Crippen molar-refractivity contribution < 1.29 is 17.7 Å². The first-order chi connectivity index (χ1) is 9.62. The first kappa shape index (κ1) is 17.2. The van der Waals surface area contributed by atoms with Crippen LogP contribution in [0, 0.1) is 5.82 Å². The molecule has 1 heterocycles. The molecule has 0 saturated carbocycles. The highest BCUT2D eigenvalue weighted by molar-refractivity contribution is 9.10. The number of hydrogen-bond acceptors (Lipinski definition) is 2. The molecule has 1 atom stereocenters. The predicted molar refractivity (Wildman–Crippen MR) is 78.5 cm³/mol. The molecule has 0 bridgehead atoms. The van der Waals surface area contributed by atoms with E-state index in [2.05, 4.69) is 20.9 Å². The largest absolute Gasteiger partial charge is 0.604 e. The SMILES string of the molecule is [O-][S+](c1ncn(-c2c(Cl)cc(F)cc2Cl)c1Br)C(F)(F)Cl. The Bertz CT molecular complexity index is 672. The Morgan fingerprint density at radius 1 is 1.29 bits per heavy atom. The Morgan fingerprint density at radius 3 is 2.29 bits per heavy atom. The Kier molecular flexibility index (Phi) is 5.07. The van der Waals surface area contributed by atoms with Crippen LogP contribution >= 0.6 is 50.7 Å². The van der Waals surface area contributed by atoms with Crippen molar-refractivity contribution in [1.82, 2.24) is 9.55 Å².